The zero-order valence-electron chi connectivity index (χ0n) is 14.9. The molecule has 3 rings (SSSR count). The van der Waals surface area contributed by atoms with Crippen molar-refractivity contribution in [1.82, 2.24) is 15.0 Å². The lowest BCUT2D eigenvalue weighted by atomic mass is 9.86. The highest BCUT2D eigenvalue weighted by Crippen LogP contribution is 2.25. The van der Waals surface area contributed by atoms with Crippen molar-refractivity contribution in [3.05, 3.63) is 46.6 Å². The van der Waals surface area contributed by atoms with E-state index in [4.69, 9.17) is 16.1 Å². The molecule has 25 heavy (non-hydrogen) atoms. The molecule has 2 aromatic rings. The highest BCUT2D eigenvalue weighted by Gasteiger charge is 2.27. The van der Waals surface area contributed by atoms with Gasteiger partial charge in [0.15, 0.2) is 5.82 Å². The summed E-state index contributed by atoms with van der Waals surface area (Å²) in [4.78, 5) is 6.81. The van der Waals surface area contributed by atoms with Gasteiger partial charge in [-0.1, -0.05) is 48.8 Å². The van der Waals surface area contributed by atoms with Crippen molar-refractivity contribution in [1.29, 1.82) is 0 Å². The van der Waals surface area contributed by atoms with E-state index in [0.29, 0.717) is 36.5 Å². The number of rotatable bonds is 6. The maximum atomic E-state index is 10.2. The summed E-state index contributed by atoms with van der Waals surface area (Å²) in [5.41, 5.74) is 1.00. The van der Waals surface area contributed by atoms with Gasteiger partial charge >= 0.3 is 0 Å². The number of hydrogen-bond acceptors (Lipinski definition) is 5. The van der Waals surface area contributed by atoms with E-state index in [-0.39, 0.29) is 6.10 Å². The molecular formula is C19H26ClN3O2. The van der Waals surface area contributed by atoms with Crippen molar-refractivity contribution in [2.24, 2.45) is 11.8 Å². The van der Waals surface area contributed by atoms with Gasteiger partial charge in [0.25, 0.3) is 0 Å². The van der Waals surface area contributed by atoms with Crippen LogP contribution in [-0.2, 0) is 13.0 Å². The van der Waals surface area contributed by atoms with E-state index >= 15 is 0 Å². The van der Waals surface area contributed by atoms with Crippen LogP contribution in [0, 0.1) is 11.8 Å². The van der Waals surface area contributed by atoms with Crippen molar-refractivity contribution >= 4 is 11.6 Å². The summed E-state index contributed by atoms with van der Waals surface area (Å²) in [5.74, 6) is 2.02. The topological polar surface area (TPSA) is 62.4 Å². The molecule has 1 aromatic heterocycles. The first-order valence-electron chi connectivity index (χ1n) is 8.98. The van der Waals surface area contributed by atoms with Crippen molar-refractivity contribution in [2.75, 3.05) is 13.1 Å². The minimum Gasteiger partial charge on any atom is -0.393 e. The van der Waals surface area contributed by atoms with Gasteiger partial charge in [0.05, 0.1) is 12.6 Å². The minimum atomic E-state index is -0.201. The summed E-state index contributed by atoms with van der Waals surface area (Å²) < 4.78 is 5.40. The Hall–Kier alpha value is -1.43. The largest absolute Gasteiger partial charge is 0.393 e. The van der Waals surface area contributed by atoms with E-state index in [1.165, 1.54) is 0 Å². The molecule has 5 nitrogen and oxygen atoms in total. The Morgan fingerprint density at radius 1 is 1.28 bits per heavy atom. The number of hydrogen-bond donors (Lipinski definition) is 1. The van der Waals surface area contributed by atoms with E-state index in [9.17, 15) is 5.11 Å². The molecule has 1 N–H and O–H groups in total. The highest BCUT2D eigenvalue weighted by molar-refractivity contribution is 6.31. The summed E-state index contributed by atoms with van der Waals surface area (Å²) in [6.07, 6.45) is 2.40. The molecule has 136 valence electrons. The van der Waals surface area contributed by atoms with Gasteiger partial charge < -0.3 is 9.63 Å². The number of benzene rings is 1. The van der Waals surface area contributed by atoms with Crippen LogP contribution in [0.25, 0.3) is 0 Å². The normalized spacial score (nSPS) is 18.0. The van der Waals surface area contributed by atoms with Crippen LogP contribution in [0.2, 0.25) is 5.02 Å². The highest BCUT2D eigenvalue weighted by atomic mass is 35.5. The number of aliphatic hydroxyl groups is 1. The average Bonchev–Trinajstić information content (AvgIpc) is 3.04. The Balaban J connectivity index is 1.52. The number of nitrogens with zero attached hydrogens (tertiary/aromatic N) is 3. The Bertz CT molecular complexity index is 681. The molecule has 6 heteroatoms. The number of likely N-dealkylation sites (tertiary alicyclic amines) is 1. The van der Waals surface area contributed by atoms with Crippen LogP contribution < -0.4 is 0 Å². The van der Waals surface area contributed by atoms with E-state index in [1.807, 2.05) is 24.3 Å². The molecule has 2 heterocycles. The van der Waals surface area contributed by atoms with Gasteiger partial charge in [0.1, 0.15) is 0 Å². The monoisotopic (exact) mass is 363 g/mol. The van der Waals surface area contributed by atoms with E-state index in [0.717, 1.165) is 36.5 Å². The zero-order valence-corrected chi connectivity index (χ0v) is 15.6. The van der Waals surface area contributed by atoms with Gasteiger partial charge in [-0.3, -0.25) is 4.90 Å². The number of aromatic nitrogens is 2. The molecule has 0 aliphatic carbocycles. The zero-order chi connectivity index (χ0) is 17.8. The second-order valence-corrected chi connectivity index (χ2v) is 7.63. The van der Waals surface area contributed by atoms with Crippen LogP contribution in [0.3, 0.4) is 0 Å². The van der Waals surface area contributed by atoms with Crippen LogP contribution in [0.1, 0.15) is 44.0 Å². The first-order valence-corrected chi connectivity index (χ1v) is 9.36. The van der Waals surface area contributed by atoms with Gasteiger partial charge in [0, 0.05) is 11.4 Å². The molecule has 0 radical (unpaired) electrons. The van der Waals surface area contributed by atoms with E-state index < -0.39 is 0 Å². The summed E-state index contributed by atoms with van der Waals surface area (Å²) >= 11 is 6.18. The average molecular weight is 364 g/mol. The molecule has 0 amide bonds. The lowest BCUT2D eigenvalue weighted by Crippen LogP contribution is -2.39. The Morgan fingerprint density at radius 3 is 2.68 bits per heavy atom. The van der Waals surface area contributed by atoms with Crippen LogP contribution in [0.5, 0.6) is 0 Å². The molecule has 0 saturated carbocycles. The second-order valence-electron chi connectivity index (χ2n) is 7.22. The number of aliphatic hydroxyl groups excluding tert-OH is 1. The number of piperidine rings is 1. The fourth-order valence-corrected chi connectivity index (χ4v) is 3.63. The molecule has 1 aromatic carbocycles. The smallest absolute Gasteiger partial charge is 0.240 e. The summed E-state index contributed by atoms with van der Waals surface area (Å²) in [5, 5.41) is 15.0. The van der Waals surface area contributed by atoms with Gasteiger partial charge in [-0.25, -0.2) is 0 Å². The molecular weight excluding hydrogens is 338 g/mol. The Morgan fingerprint density at radius 2 is 2.00 bits per heavy atom. The first-order chi connectivity index (χ1) is 12.0. The maximum absolute atomic E-state index is 10.2. The summed E-state index contributed by atoms with van der Waals surface area (Å²) in [6.45, 7) is 6.74. The van der Waals surface area contributed by atoms with Gasteiger partial charge in [-0.15, -0.1) is 0 Å². The predicted molar refractivity (Wildman–Crippen MR) is 97.4 cm³/mol. The molecule has 1 fully saturated rings. The van der Waals surface area contributed by atoms with Gasteiger partial charge in [0.2, 0.25) is 5.89 Å². The third kappa shape index (κ3) is 4.81. The molecule has 1 aliphatic heterocycles. The molecule has 0 spiro atoms. The van der Waals surface area contributed by atoms with E-state index in [1.54, 1.807) is 0 Å². The molecule has 0 unspecified atom stereocenters. The molecule has 1 saturated heterocycles. The Labute approximate surface area is 154 Å². The number of halogens is 1. The Kier molecular flexibility index (Phi) is 6.10. The van der Waals surface area contributed by atoms with Gasteiger partial charge in [-0.2, -0.15) is 4.98 Å². The standard InChI is InChI=1S/C19H26ClN3O2/c1-13(2)19(24)14-7-9-23(10-8-14)12-18-21-17(22-25-18)11-15-5-3-4-6-16(15)20/h3-6,13-14,19,24H,7-12H2,1-2H3/t19-/m0/s1. The summed E-state index contributed by atoms with van der Waals surface area (Å²) in [7, 11) is 0. The minimum absolute atomic E-state index is 0.201. The predicted octanol–water partition coefficient (Wildman–Crippen LogP) is 3.54. The molecule has 1 atom stereocenters. The van der Waals surface area contributed by atoms with Crippen LogP contribution in [0.15, 0.2) is 28.8 Å². The summed E-state index contributed by atoms with van der Waals surface area (Å²) in [6, 6.07) is 7.71. The quantitative estimate of drug-likeness (QED) is 0.850. The molecule has 1 aliphatic rings. The lowest BCUT2D eigenvalue weighted by molar-refractivity contribution is 0.0251. The van der Waals surface area contributed by atoms with E-state index in [2.05, 4.69) is 28.9 Å². The van der Waals surface area contributed by atoms with Crippen molar-refractivity contribution in [3.8, 4) is 0 Å². The maximum Gasteiger partial charge on any atom is 0.240 e. The van der Waals surface area contributed by atoms with Crippen LogP contribution in [0.4, 0.5) is 0 Å². The fourth-order valence-electron chi connectivity index (χ4n) is 3.43. The SMILES string of the molecule is CC(C)[C@H](O)C1CCN(Cc2nc(Cc3ccccc3Cl)no2)CC1. The molecule has 0 bridgehead atoms. The van der Waals surface area contributed by atoms with Crippen molar-refractivity contribution in [2.45, 2.75) is 45.8 Å². The van der Waals surface area contributed by atoms with Crippen molar-refractivity contribution in [3.63, 3.8) is 0 Å². The lowest BCUT2D eigenvalue weighted by Gasteiger charge is -2.34. The van der Waals surface area contributed by atoms with Crippen LogP contribution >= 0.6 is 11.6 Å². The fraction of sp³-hybridized carbons (Fsp3) is 0.579. The van der Waals surface area contributed by atoms with Crippen molar-refractivity contribution < 1.29 is 9.63 Å². The second kappa shape index (κ2) is 8.30. The van der Waals surface area contributed by atoms with Crippen LogP contribution in [-0.4, -0.2) is 39.3 Å². The third-order valence-electron chi connectivity index (χ3n) is 4.97. The first kappa shape index (κ1) is 18.4. The third-order valence-corrected chi connectivity index (χ3v) is 5.34. The van der Waals surface area contributed by atoms with Gasteiger partial charge in [-0.05, 0) is 49.4 Å².